The molecular formula is C31H26ClN5OS. The standard InChI is InChI=1S/C31H26ClN5OS/c1-2-36-27-13-7-4-10-23(27)24-17-21(15-16-28(24)36)18-33-35-30(38)20-39-31-34-26-12-6-8-14-29(26)37(31)19-22-9-3-5-11-25(22)32/h3-18H,2,19-20H2,1H3,(H,35,38)/b33-18-. The summed E-state index contributed by atoms with van der Waals surface area (Å²) in [5.41, 5.74) is 8.87. The highest BCUT2D eigenvalue weighted by Gasteiger charge is 2.14. The molecule has 6 aromatic rings. The predicted octanol–water partition coefficient (Wildman–Crippen LogP) is 7.11. The van der Waals surface area contributed by atoms with Gasteiger partial charge in [0, 0.05) is 33.4 Å². The van der Waals surface area contributed by atoms with Gasteiger partial charge in [0.1, 0.15) is 0 Å². The van der Waals surface area contributed by atoms with Crippen LogP contribution in [0.25, 0.3) is 32.8 Å². The topological polar surface area (TPSA) is 64.2 Å². The maximum Gasteiger partial charge on any atom is 0.250 e. The van der Waals surface area contributed by atoms with E-state index in [-0.39, 0.29) is 11.7 Å². The number of aromatic nitrogens is 3. The van der Waals surface area contributed by atoms with Crippen LogP contribution in [0.3, 0.4) is 0 Å². The third-order valence-electron chi connectivity index (χ3n) is 6.75. The van der Waals surface area contributed by atoms with E-state index in [1.165, 1.54) is 33.6 Å². The zero-order chi connectivity index (χ0) is 26.8. The number of thioether (sulfide) groups is 1. The van der Waals surface area contributed by atoms with Crippen LogP contribution in [-0.2, 0) is 17.9 Å². The zero-order valence-electron chi connectivity index (χ0n) is 21.3. The lowest BCUT2D eigenvalue weighted by Crippen LogP contribution is -2.20. The summed E-state index contributed by atoms with van der Waals surface area (Å²) in [6, 6.07) is 30.4. The van der Waals surface area contributed by atoms with E-state index in [0.717, 1.165) is 33.9 Å². The number of halogens is 1. The molecule has 2 heterocycles. The van der Waals surface area contributed by atoms with E-state index in [4.69, 9.17) is 16.6 Å². The minimum atomic E-state index is -0.198. The average molecular weight is 552 g/mol. The van der Waals surface area contributed by atoms with Crippen molar-refractivity contribution in [3.05, 3.63) is 107 Å². The number of hydrogen-bond acceptors (Lipinski definition) is 4. The van der Waals surface area contributed by atoms with Gasteiger partial charge in [-0.15, -0.1) is 0 Å². The van der Waals surface area contributed by atoms with Gasteiger partial charge in [-0.25, -0.2) is 10.4 Å². The molecule has 0 unspecified atom stereocenters. The van der Waals surface area contributed by atoms with E-state index in [9.17, 15) is 4.79 Å². The summed E-state index contributed by atoms with van der Waals surface area (Å²) in [4.78, 5) is 17.4. The molecule has 0 atom stereocenters. The number of imidazole rings is 1. The van der Waals surface area contributed by atoms with Crippen LogP contribution in [-0.4, -0.2) is 32.0 Å². The fourth-order valence-electron chi connectivity index (χ4n) is 4.95. The number of carbonyl (C=O) groups excluding carboxylic acids is 1. The summed E-state index contributed by atoms with van der Waals surface area (Å²) in [6.07, 6.45) is 1.69. The first kappa shape index (κ1) is 25.2. The lowest BCUT2D eigenvalue weighted by Gasteiger charge is -2.10. The molecule has 0 aliphatic rings. The third-order valence-corrected chi connectivity index (χ3v) is 8.10. The van der Waals surface area contributed by atoms with Crippen LogP contribution < -0.4 is 5.43 Å². The molecule has 0 saturated carbocycles. The van der Waals surface area contributed by atoms with E-state index >= 15 is 0 Å². The molecule has 0 fully saturated rings. The number of nitrogens with one attached hydrogen (secondary N) is 1. The summed E-state index contributed by atoms with van der Waals surface area (Å²) in [6.45, 7) is 3.62. The summed E-state index contributed by atoms with van der Waals surface area (Å²) < 4.78 is 4.41. The Morgan fingerprint density at radius 3 is 2.51 bits per heavy atom. The second kappa shape index (κ2) is 11.0. The van der Waals surface area contributed by atoms with E-state index in [0.29, 0.717) is 11.6 Å². The summed E-state index contributed by atoms with van der Waals surface area (Å²) in [5, 5.41) is 8.07. The second-order valence-corrected chi connectivity index (χ2v) is 10.5. The molecule has 8 heteroatoms. The maximum atomic E-state index is 12.7. The number of carbonyl (C=O) groups is 1. The SMILES string of the molecule is CCn1c2ccccc2c2cc(/C=N\NC(=O)CSc3nc4ccccc4n3Cc3ccccc3Cl)ccc21. The number of nitrogens with zero attached hydrogens (tertiary/aromatic N) is 4. The lowest BCUT2D eigenvalue weighted by atomic mass is 10.1. The second-order valence-electron chi connectivity index (χ2n) is 9.18. The minimum Gasteiger partial charge on any atom is -0.341 e. The van der Waals surface area contributed by atoms with Gasteiger partial charge >= 0.3 is 0 Å². The molecule has 2 aromatic heterocycles. The van der Waals surface area contributed by atoms with Crippen molar-refractivity contribution in [1.82, 2.24) is 19.5 Å². The first-order valence-electron chi connectivity index (χ1n) is 12.8. The number of fused-ring (bicyclic) bond motifs is 4. The average Bonchev–Trinajstić information content (AvgIpc) is 3.47. The molecule has 0 saturated heterocycles. The van der Waals surface area contributed by atoms with Crippen LogP contribution >= 0.6 is 23.4 Å². The zero-order valence-corrected chi connectivity index (χ0v) is 22.9. The number of para-hydroxylation sites is 3. The molecule has 194 valence electrons. The van der Waals surface area contributed by atoms with Gasteiger partial charge in [-0.1, -0.05) is 78.0 Å². The van der Waals surface area contributed by atoms with Gasteiger partial charge in [-0.3, -0.25) is 4.79 Å². The molecule has 0 aliphatic carbocycles. The van der Waals surface area contributed by atoms with Crippen molar-refractivity contribution in [2.45, 2.75) is 25.2 Å². The molecule has 39 heavy (non-hydrogen) atoms. The maximum absolute atomic E-state index is 12.7. The minimum absolute atomic E-state index is 0.187. The van der Waals surface area contributed by atoms with Gasteiger partial charge in [0.05, 0.1) is 29.5 Å². The third kappa shape index (κ3) is 5.03. The van der Waals surface area contributed by atoms with Crippen molar-refractivity contribution in [2.24, 2.45) is 5.10 Å². The molecule has 1 N–H and O–H groups in total. The Hall–Kier alpha value is -4.07. The van der Waals surface area contributed by atoms with Crippen molar-refractivity contribution < 1.29 is 4.79 Å². The molecule has 1 amide bonds. The number of hydrogen-bond donors (Lipinski definition) is 1. The quantitative estimate of drug-likeness (QED) is 0.124. The molecule has 0 spiro atoms. The molecule has 0 bridgehead atoms. The summed E-state index contributed by atoms with van der Waals surface area (Å²) in [7, 11) is 0. The van der Waals surface area contributed by atoms with Crippen molar-refractivity contribution in [3.8, 4) is 0 Å². The fourth-order valence-corrected chi connectivity index (χ4v) is 5.95. The Morgan fingerprint density at radius 1 is 0.923 bits per heavy atom. The van der Waals surface area contributed by atoms with E-state index in [1.807, 2.05) is 54.6 Å². The smallest absolute Gasteiger partial charge is 0.250 e. The van der Waals surface area contributed by atoms with Crippen LogP contribution in [0, 0.1) is 0 Å². The van der Waals surface area contributed by atoms with Gasteiger partial charge in [-0.05, 0) is 54.4 Å². The Kier molecular flexibility index (Phi) is 7.09. The highest BCUT2D eigenvalue weighted by atomic mass is 35.5. The van der Waals surface area contributed by atoms with Crippen molar-refractivity contribution >= 4 is 68.3 Å². The van der Waals surface area contributed by atoms with Crippen molar-refractivity contribution in [3.63, 3.8) is 0 Å². The summed E-state index contributed by atoms with van der Waals surface area (Å²) in [5.74, 6) is -0.0112. The highest BCUT2D eigenvalue weighted by Crippen LogP contribution is 2.30. The van der Waals surface area contributed by atoms with Gasteiger partial charge in [0.25, 0.3) is 5.91 Å². The predicted molar refractivity (Wildman–Crippen MR) is 162 cm³/mol. The number of aryl methyl sites for hydroxylation is 1. The van der Waals surface area contributed by atoms with Gasteiger partial charge in [-0.2, -0.15) is 5.10 Å². The summed E-state index contributed by atoms with van der Waals surface area (Å²) >= 11 is 7.81. The molecule has 6 nitrogen and oxygen atoms in total. The van der Waals surface area contributed by atoms with Gasteiger partial charge in [0.15, 0.2) is 5.16 Å². The Morgan fingerprint density at radius 2 is 1.67 bits per heavy atom. The van der Waals surface area contributed by atoms with E-state index < -0.39 is 0 Å². The van der Waals surface area contributed by atoms with Crippen LogP contribution in [0.1, 0.15) is 18.1 Å². The van der Waals surface area contributed by atoms with Crippen LogP contribution in [0.5, 0.6) is 0 Å². The number of hydrazone groups is 1. The van der Waals surface area contributed by atoms with Crippen LogP contribution in [0.2, 0.25) is 5.02 Å². The Labute approximate surface area is 235 Å². The molecule has 0 aliphatic heterocycles. The molecule has 0 radical (unpaired) electrons. The van der Waals surface area contributed by atoms with Crippen LogP contribution in [0.15, 0.2) is 101 Å². The van der Waals surface area contributed by atoms with E-state index in [1.54, 1.807) is 6.21 Å². The van der Waals surface area contributed by atoms with Crippen molar-refractivity contribution in [1.29, 1.82) is 0 Å². The van der Waals surface area contributed by atoms with Gasteiger partial charge < -0.3 is 9.13 Å². The number of amides is 1. The molecular weight excluding hydrogens is 526 g/mol. The Bertz CT molecular complexity index is 1850. The number of benzene rings is 4. The Balaban J connectivity index is 1.16. The van der Waals surface area contributed by atoms with Crippen molar-refractivity contribution in [2.75, 3.05) is 5.75 Å². The van der Waals surface area contributed by atoms with E-state index in [2.05, 4.69) is 63.0 Å². The largest absolute Gasteiger partial charge is 0.341 e. The first-order valence-corrected chi connectivity index (χ1v) is 14.1. The molecule has 6 rings (SSSR count). The highest BCUT2D eigenvalue weighted by molar-refractivity contribution is 7.99. The normalized spacial score (nSPS) is 11.7. The fraction of sp³-hybridized carbons (Fsp3) is 0.129. The first-order chi connectivity index (χ1) is 19.1. The monoisotopic (exact) mass is 551 g/mol. The van der Waals surface area contributed by atoms with Crippen LogP contribution in [0.4, 0.5) is 0 Å². The molecule has 4 aromatic carbocycles. The number of rotatable bonds is 8. The van der Waals surface area contributed by atoms with Gasteiger partial charge in [0.2, 0.25) is 0 Å². The lowest BCUT2D eigenvalue weighted by molar-refractivity contribution is -0.118.